The van der Waals surface area contributed by atoms with Crippen LogP contribution in [0.4, 0.5) is 0 Å². The molecule has 2 N–H and O–H groups in total. The highest BCUT2D eigenvalue weighted by molar-refractivity contribution is 7.91. The summed E-state index contributed by atoms with van der Waals surface area (Å²) in [7, 11) is -2.78. The Morgan fingerprint density at radius 1 is 1.06 bits per heavy atom. The SMILES string of the molecule is O=C(CCNC1CCS(=O)(=O)CC1)NC1CC1. The molecule has 1 heterocycles. The van der Waals surface area contributed by atoms with Gasteiger partial charge in [0, 0.05) is 25.0 Å². The lowest BCUT2D eigenvalue weighted by Crippen LogP contribution is -2.39. The minimum Gasteiger partial charge on any atom is -0.353 e. The van der Waals surface area contributed by atoms with Crippen molar-refractivity contribution in [1.82, 2.24) is 10.6 Å². The van der Waals surface area contributed by atoms with E-state index >= 15 is 0 Å². The number of hydrogen-bond acceptors (Lipinski definition) is 4. The number of carbonyl (C=O) groups is 1. The number of hydrogen-bond donors (Lipinski definition) is 2. The third kappa shape index (κ3) is 4.63. The predicted octanol–water partition coefficient (Wildman–Crippen LogP) is -0.178. The van der Waals surface area contributed by atoms with Gasteiger partial charge in [-0.3, -0.25) is 4.79 Å². The van der Waals surface area contributed by atoms with Crippen LogP contribution in [0.5, 0.6) is 0 Å². The molecule has 98 valence electrons. The molecule has 6 heteroatoms. The van der Waals surface area contributed by atoms with Crippen LogP contribution in [-0.4, -0.2) is 44.5 Å². The molecule has 0 aromatic heterocycles. The van der Waals surface area contributed by atoms with Gasteiger partial charge in [0.1, 0.15) is 9.84 Å². The smallest absolute Gasteiger partial charge is 0.221 e. The fourth-order valence-corrected chi connectivity index (χ4v) is 3.50. The molecule has 0 unspecified atom stereocenters. The van der Waals surface area contributed by atoms with Gasteiger partial charge in [-0.2, -0.15) is 0 Å². The van der Waals surface area contributed by atoms with Crippen LogP contribution in [0.15, 0.2) is 0 Å². The van der Waals surface area contributed by atoms with Crippen LogP contribution in [-0.2, 0) is 14.6 Å². The number of carbonyl (C=O) groups excluding carboxylic acids is 1. The monoisotopic (exact) mass is 260 g/mol. The first-order chi connectivity index (χ1) is 8.05. The molecule has 0 bridgehead atoms. The van der Waals surface area contributed by atoms with Crippen LogP contribution in [0.25, 0.3) is 0 Å². The van der Waals surface area contributed by atoms with Crippen LogP contribution >= 0.6 is 0 Å². The summed E-state index contributed by atoms with van der Waals surface area (Å²) in [5.74, 6) is 0.654. The van der Waals surface area contributed by atoms with Gasteiger partial charge in [-0.1, -0.05) is 0 Å². The Morgan fingerprint density at radius 3 is 2.29 bits per heavy atom. The summed E-state index contributed by atoms with van der Waals surface area (Å²) < 4.78 is 22.4. The highest BCUT2D eigenvalue weighted by Gasteiger charge is 2.24. The van der Waals surface area contributed by atoms with Crippen LogP contribution in [0.1, 0.15) is 32.1 Å². The maximum Gasteiger partial charge on any atom is 0.221 e. The molecule has 0 spiro atoms. The molecule has 1 amide bonds. The average molecular weight is 260 g/mol. The molecule has 2 aliphatic rings. The predicted molar refractivity (Wildman–Crippen MR) is 65.5 cm³/mol. The summed E-state index contributed by atoms with van der Waals surface area (Å²) in [6, 6.07) is 0.676. The Morgan fingerprint density at radius 2 is 1.71 bits per heavy atom. The van der Waals surface area contributed by atoms with E-state index in [1.165, 1.54) is 0 Å². The third-order valence-electron chi connectivity index (χ3n) is 3.28. The number of rotatable bonds is 5. The first-order valence-corrected chi connectivity index (χ1v) is 8.10. The lowest BCUT2D eigenvalue weighted by atomic mass is 10.1. The lowest BCUT2D eigenvalue weighted by Gasteiger charge is -2.22. The first-order valence-electron chi connectivity index (χ1n) is 6.28. The largest absolute Gasteiger partial charge is 0.353 e. The van der Waals surface area contributed by atoms with Crippen molar-refractivity contribution in [3.8, 4) is 0 Å². The second-order valence-electron chi connectivity index (χ2n) is 4.97. The van der Waals surface area contributed by atoms with E-state index in [2.05, 4.69) is 10.6 Å². The Bertz CT molecular complexity index is 362. The summed E-state index contributed by atoms with van der Waals surface area (Å²) in [4.78, 5) is 11.4. The summed E-state index contributed by atoms with van der Waals surface area (Å²) in [6.07, 6.45) is 4.05. The van der Waals surface area contributed by atoms with E-state index in [0.29, 0.717) is 31.8 Å². The van der Waals surface area contributed by atoms with E-state index in [9.17, 15) is 13.2 Å². The van der Waals surface area contributed by atoms with E-state index in [1.807, 2.05) is 0 Å². The van der Waals surface area contributed by atoms with Gasteiger partial charge in [0.15, 0.2) is 0 Å². The van der Waals surface area contributed by atoms with E-state index in [-0.39, 0.29) is 23.5 Å². The molecule has 17 heavy (non-hydrogen) atoms. The minimum atomic E-state index is -2.78. The summed E-state index contributed by atoms with van der Waals surface area (Å²) >= 11 is 0. The zero-order valence-corrected chi connectivity index (χ0v) is 10.8. The third-order valence-corrected chi connectivity index (χ3v) is 5.00. The quantitative estimate of drug-likeness (QED) is 0.719. The molecule has 2 rings (SSSR count). The van der Waals surface area contributed by atoms with Crippen molar-refractivity contribution < 1.29 is 13.2 Å². The van der Waals surface area contributed by atoms with Crippen molar-refractivity contribution in [1.29, 1.82) is 0 Å². The zero-order valence-electron chi connectivity index (χ0n) is 9.94. The number of nitrogens with one attached hydrogen (secondary N) is 2. The molecule has 1 aliphatic carbocycles. The second kappa shape index (κ2) is 5.35. The van der Waals surface area contributed by atoms with E-state index in [1.54, 1.807) is 0 Å². The van der Waals surface area contributed by atoms with Gasteiger partial charge in [0.25, 0.3) is 0 Å². The van der Waals surface area contributed by atoms with E-state index < -0.39 is 9.84 Å². The maximum atomic E-state index is 11.4. The molecule has 1 aliphatic heterocycles. The van der Waals surface area contributed by atoms with Gasteiger partial charge in [0.05, 0.1) is 11.5 Å². The van der Waals surface area contributed by atoms with Crippen molar-refractivity contribution in [2.75, 3.05) is 18.1 Å². The topological polar surface area (TPSA) is 75.3 Å². The minimum absolute atomic E-state index is 0.100. The Labute approximate surface area is 102 Å². The zero-order chi connectivity index (χ0) is 12.3. The molecule has 2 fully saturated rings. The van der Waals surface area contributed by atoms with Crippen LogP contribution in [0.2, 0.25) is 0 Å². The molecule has 1 saturated heterocycles. The van der Waals surface area contributed by atoms with Crippen LogP contribution < -0.4 is 10.6 Å². The summed E-state index contributed by atoms with van der Waals surface area (Å²) in [6.45, 7) is 0.642. The average Bonchev–Trinajstić information content (AvgIpc) is 3.04. The maximum absolute atomic E-state index is 11.4. The summed E-state index contributed by atoms with van der Waals surface area (Å²) in [5, 5.41) is 6.19. The van der Waals surface area contributed by atoms with Crippen molar-refractivity contribution in [3.63, 3.8) is 0 Å². The van der Waals surface area contributed by atoms with Gasteiger partial charge in [-0.05, 0) is 25.7 Å². The molecule has 1 saturated carbocycles. The molecular formula is C11H20N2O3S. The van der Waals surface area contributed by atoms with Crippen LogP contribution in [0.3, 0.4) is 0 Å². The Hall–Kier alpha value is -0.620. The molecule has 0 aromatic rings. The Kier molecular flexibility index (Phi) is 4.04. The van der Waals surface area contributed by atoms with Gasteiger partial charge in [0.2, 0.25) is 5.91 Å². The van der Waals surface area contributed by atoms with Gasteiger partial charge < -0.3 is 10.6 Å². The molecular weight excluding hydrogens is 240 g/mol. The van der Waals surface area contributed by atoms with Crippen molar-refractivity contribution >= 4 is 15.7 Å². The van der Waals surface area contributed by atoms with Crippen molar-refractivity contribution in [3.05, 3.63) is 0 Å². The molecule has 0 atom stereocenters. The van der Waals surface area contributed by atoms with Gasteiger partial charge >= 0.3 is 0 Å². The van der Waals surface area contributed by atoms with Gasteiger partial charge in [-0.25, -0.2) is 8.42 Å². The van der Waals surface area contributed by atoms with Crippen molar-refractivity contribution in [2.24, 2.45) is 0 Å². The van der Waals surface area contributed by atoms with E-state index in [0.717, 1.165) is 12.8 Å². The summed E-state index contributed by atoms with van der Waals surface area (Å²) in [5.41, 5.74) is 0. The lowest BCUT2D eigenvalue weighted by molar-refractivity contribution is -0.121. The van der Waals surface area contributed by atoms with Gasteiger partial charge in [-0.15, -0.1) is 0 Å². The van der Waals surface area contributed by atoms with E-state index in [4.69, 9.17) is 0 Å². The van der Waals surface area contributed by atoms with Crippen molar-refractivity contribution in [2.45, 2.75) is 44.2 Å². The van der Waals surface area contributed by atoms with Crippen LogP contribution in [0, 0.1) is 0 Å². The molecule has 0 aromatic carbocycles. The molecule has 5 nitrogen and oxygen atoms in total. The highest BCUT2D eigenvalue weighted by Crippen LogP contribution is 2.18. The highest BCUT2D eigenvalue weighted by atomic mass is 32.2. The Balaban J connectivity index is 1.57. The number of sulfone groups is 1. The second-order valence-corrected chi connectivity index (χ2v) is 7.28. The normalized spacial score (nSPS) is 24.5. The number of amides is 1. The fourth-order valence-electron chi connectivity index (χ4n) is 2.01. The molecule has 0 radical (unpaired) electrons. The fraction of sp³-hybridized carbons (Fsp3) is 0.909. The first kappa shape index (κ1) is 12.8. The standard InChI is InChI=1S/C11H20N2O3S/c14-11(13-10-1-2-10)3-6-12-9-4-7-17(15,16)8-5-9/h9-10,12H,1-8H2,(H,13,14).